The van der Waals surface area contributed by atoms with Crippen molar-refractivity contribution in [1.29, 1.82) is 0 Å². The Kier molecular flexibility index (Phi) is 7.62. The number of amides is 1. The summed E-state index contributed by atoms with van der Waals surface area (Å²) in [6.07, 6.45) is 1.54. The van der Waals surface area contributed by atoms with Crippen molar-refractivity contribution in [3.63, 3.8) is 0 Å². The molecule has 5 rings (SSSR count). The number of hydrazone groups is 1. The molecule has 0 spiro atoms. The number of pyridine rings is 1. The average molecular weight is 522 g/mol. The highest BCUT2D eigenvalue weighted by atomic mass is 35.5. The largest absolute Gasteiger partial charge is 0.493 e. The van der Waals surface area contributed by atoms with Gasteiger partial charge in [0.1, 0.15) is 6.61 Å². The summed E-state index contributed by atoms with van der Waals surface area (Å²) in [5, 5.41) is 5.64. The van der Waals surface area contributed by atoms with Crippen molar-refractivity contribution in [3.8, 4) is 22.8 Å². The van der Waals surface area contributed by atoms with Crippen LogP contribution in [0.1, 0.15) is 21.5 Å². The lowest BCUT2D eigenvalue weighted by atomic mass is 10.0. The van der Waals surface area contributed by atoms with Gasteiger partial charge in [0.05, 0.1) is 30.1 Å². The van der Waals surface area contributed by atoms with Gasteiger partial charge in [-0.05, 0) is 42.0 Å². The molecule has 0 fully saturated rings. The van der Waals surface area contributed by atoms with Gasteiger partial charge in [-0.3, -0.25) is 4.79 Å². The Labute approximate surface area is 225 Å². The van der Waals surface area contributed by atoms with E-state index in [4.69, 9.17) is 26.1 Å². The van der Waals surface area contributed by atoms with E-state index in [1.807, 2.05) is 91.0 Å². The van der Waals surface area contributed by atoms with E-state index in [2.05, 4.69) is 10.5 Å². The van der Waals surface area contributed by atoms with Gasteiger partial charge < -0.3 is 9.47 Å². The number of halogens is 1. The molecule has 38 heavy (non-hydrogen) atoms. The monoisotopic (exact) mass is 521 g/mol. The van der Waals surface area contributed by atoms with Crippen LogP contribution in [0.5, 0.6) is 11.5 Å². The zero-order valence-electron chi connectivity index (χ0n) is 20.6. The van der Waals surface area contributed by atoms with Crippen LogP contribution in [0.25, 0.3) is 22.2 Å². The van der Waals surface area contributed by atoms with Crippen LogP contribution in [0, 0.1) is 0 Å². The van der Waals surface area contributed by atoms with Crippen LogP contribution < -0.4 is 14.9 Å². The third-order valence-corrected chi connectivity index (χ3v) is 6.18. The quantitative estimate of drug-likeness (QED) is 0.178. The second-order valence-electron chi connectivity index (χ2n) is 8.43. The first-order chi connectivity index (χ1) is 18.6. The van der Waals surface area contributed by atoms with Gasteiger partial charge in [-0.25, -0.2) is 10.4 Å². The number of hydrogen-bond acceptors (Lipinski definition) is 5. The molecule has 5 aromatic rings. The van der Waals surface area contributed by atoms with Crippen molar-refractivity contribution < 1.29 is 14.3 Å². The second kappa shape index (κ2) is 11.6. The molecule has 0 bridgehead atoms. The standard InChI is InChI=1S/C31H24ClN3O3/c1-37-29-13-7-10-23(30(29)38-20-21-14-16-24(32)17-15-21)19-33-35-31(36)26-18-28(22-8-3-2-4-9-22)34-27-12-6-5-11-25(26)27/h2-19H,20H2,1H3,(H,35,36)/b33-19-. The van der Waals surface area contributed by atoms with Gasteiger partial charge in [0.15, 0.2) is 11.5 Å². The number of benzene rings is 4. The second-order valence-corrected chi connectivity index (χ2v) is 8.87. The number of methoxy groups -OCH3 is 1. The van der Waals surface area contributed by atoms with E-state index in [0.29, 0.717) is 39.9 Å². The third-order valence-electron chi connectivity index (χ3n) is 5.93. The molecule has 7 heteroatoms. The van der Waals surface area contributed by atoms with Crippen LogP contribution in [0.3, 0.4) is 0 Å². The molecular weight excluding hydrogens is 498 g/mol. The molecule has 0 aliphatic rings. The summed E-state index contributed by atoms with van der Waals surface area (Å²) in [5.74, 6) is 0.731. The molecule has 0 unspecified atom stereocenters. The third kappa shape index (κ3) is 5.66. The Morgan fingerprint density at radius 3 is 2.50 bits per heavy atom. The first kappa shape index (κ1) is 25.0. The van der Waals surface area contributed by atoms with E-state index < -0.39 is 0 Å². The fourth-order valence-corrected chi connectivity index (χ4v) is 4.15. The molecule has 1 amide bonds. The van der Waals surface area contributed by atoms with Gasteiger partial charge in [-0.15, -0.1) is 0 Å². The molecule has 6 nitrogen and oxygen atoms in total. The molecule has 1 heterocycles. The molecule has 188 valence electrons. The number of fused-ring (bicyclic) bond motifs is 1. The number of para-hydroxylation sites is 2. The molecule has 1 aromatic heterocycles. The summed E-state index contributed by atoms with van der Waals surface area (Å²) in [6, 6.07) is 32.0. The summed E-state index contributed by atoms with van der Waals surface area (Å²) in [6.45, 7) is 0.315. The lowest BCUT2D eigenvalue weighted by Crippen LogP contribution is -2.18. The highest BCUT2D eigenvalue weighted by Gasteiger charge is 2.14. The van der Waals surface area contributed by atoms with Gasteiger partial charge >= 0.3 is 0 Å². The molecule has 0 aliphatic carbocycles. The van der Waals surface area contributed by atoms with E-state index >= 15 is 0 Å². The highest BCUT2D eigenvalue weighted by Crippen LogP contribution is 2.31. The highest BCUT2D eigenvalue weighted by molar-refractivity contribution is 6.30. The van der Waals surface area contributed by atoms with Crippen LogP contribution in [-0.4, -0.2) is 24.2 Å². The predicted octanol–water partition coefficient (Wildman–Crippen LogP) is 6.91. The summed E-state index contributed by atoms with van der Waals surface area (Å²) in [4.78, 5) is 18.0. The number of aromatic nitrogens is 1. The van der Waals surface area contributed by atoms with Crippen LogP contribution >= 0.6 is 11.6 Å². The summed E-state index contributed by atoms with van der Waals surface area (Å²) in [7, 11) is 1.58. The van der Waals surface area contributed by atoms with Crippen molar-refractivity contribution >= 4 is 34.6 Å². The topological polar surface area (TPSA) is 72.8 Å². The predicted molar refractivity (Wildman–Crippen MR) is 151 cm³/mol. The van der Waals surface area contributed by atoms with Crippen molar-refractivity contribution in [3.05, 3.63) is 125 Å². The molecule has 1 N–H and O–H groups in total. The van der Waals surface area contributed by atoms with Gasteiger partial charge in [0, 0.05) is 21.5 Å². The Balaban J connectivity index is 1.39. The molecule has 4 aromatic carbocycles. The smallest absolute Gasteiger partial charge is 0.272 e. The average Bonchev–Trinajstić information content (AvgIpc) is 2.97. The Hall–Kier alpha value is -4.68. The zero-order valence-corrected chi connectivity index (χ0v) is 21.4. The van der Waals surface area contributed by atoms with Crippen molar-refractivity contribution in [2.45, 2.75) is 6.61 Å². The fraction of sp³-hybridized carbons (Fsp3) is 0.0645. The van der Waals surface area contributed by atoms with E-state index in [1.54, 1.807) is 25.5 Å². The molecule has 0 saturated carbocycles. The minimum Gasteiger partial charge on any atom is -0.493 e. The maximum atomic E-state index is 13.3. The van der Waals surface area contributed by atoms with Gasteiger partial charge in [0.25, 0.3) is 5.91 Å². The Morgan fingerprint density at radius 2 is 1.71 bits per heavy atom. The van der Waals surface area contributed by atoms with E-state index in [0.717, 1.165) is 22.0 Å². The van der Waals surface area contributed by atoms with Crippen LogP contribution in [0.15, 0.2) is 108 Å². The molecule has 0 saturated heterocycles. The zero-order chi connectivity index (χ0) is 26.3. The first-order valence-corrected chi connectivity index (χ1v) is 12.3. The van der Waals surface area contributed by atoms with Gasteiger partial charge in [-0.1, -0.05) is 78.3 Å². The number of ether oxygens (including phenoxy) is 2. The molecule has 0 atom stereocenters. The number of rotatable bonds is 8. The number of nitrogens with one attached hydrogen (secondary N) is 1. The van der Waals surface area contributed by atoms with E-state index in [9.17, 15) is 4.79 Å². The van der Waals surface area contributed by atoms with Crippen LogP contribution in [0.2, 0.25) is 5.02 Å². The number of carbonyl (C=O) groups excluding carboxylic acids is 1. The van der Waals surface area contributed by atoms with E-state index in [1.165, 1.54) is 0 Å². The van der Waals surface area contributed by atoms with Crippen molar-refractivity contribution in [2.24, 2.45) is 5.10 Å². The Morgan fingerprint density at radius 1 is 0.947 bits per heavy atom. The first-order valence-electron chi connectivity index (χ1n) is 12.0. The summed E-state index contributed by atoms with van der Waals surface area (Å²) in [5.41, 5.74) is 7.12. The summed E-state index contributed by atoms with van der Waals surface area (Å²) >= 11 is 5.98. The molecule has 0 radical (unpaired) electrons. The fourth-order valence-electron chi connectivity index (χ4n) is 4.03. The maximum absolute atomic E-state index is 13.3. The van der Waals surface area contributed by atoms with Gasteiger partial charge in [-0.2, -0.15) is 5.10 Å². The summed E-state index contributed by atoms with van der Waals surface area (Å²) < 4.78 is 11.6. The normalized spacial score (nSPS) is 11.0. The van der Waals surface area contributed by atoms with Crippen molar-refractivity contribution in [2.75, 3.05) is 7.11 Å². The van der Waals surface area contributed by atoms with Crippen LogP contribution in [-0.2, 0) is 6.61 Å². The minimum atomic E-state index is -0.344. The molecule has 0 aliphatic heterocycles. The lowest BCUT2D eigenvalue weighted by Gasteiger charge is -2.13. The number of hydrogen-bond donors (Lipinski definition) is 1. The van der Waals surface area contributed by atoms with E-state index in [-0.39, 0.29) is 5.91 Å². The SMILES string of the molecule is COc1cccc(/C=N\NC(=O)c2cc(-c3ccccc3)nc3ccccc23)c1OCc1ccc(Cl)cc1. The van der Waals surface area contributed by atoms with Crippen LogP contribution in [0.4, 0.5) is 0 Å². The molecular formula is C31H24ClN3O3. The maximum Gasteiger partial charge on any atom is 0.272 e. The number of carbonyl (C=O) groups is 1. The Bertz CT molecular complexity index is 1600. The van der Waals surface area contributed by atoms with Crippen molar-refractivity contribution in [1.82, 2.24) is 10.4 Å². The number of nitrogens with zero attached hydrogens (tertiary/aromatic N) is 2. The minimum absolute atomic E-state index is 0.315. The van der Waals surface area contributed by atoms with Gasteiger partial charge in [0.2, 0.25) is 0 Å². The lowest BCUT2D eigenvalue weighted by molar-refractivity contribution is 0.0956.